The van der Waals surface area contributed by atoms with E-state index in [1.54, 1.807) is 0 Å². The number of nitrogens with one attached hydrogen (secondary N) is 1. The van der Waals surface area contributed by atoms with Gasteiger partial charge in [-0.2, -0.15) is 13.2 Å². The molecule has 5 nitrogen and oxygen atoms in total. The summed E-state index contributed by atoms with van der Waals surface area (Å²) in [5.41, 5.74) is 2.88. The summed E-state index contributed by atoms with van der Waals surface area (Å²) in [4.78, 5) is 27.0. The number of nitrogens with two attached hydrogens (primary N) is 1. The fraction of sp³-hybridized carbons (Fsp3) is 0.591. The molecule has 1 amide bonds. The Hall–Kier alpha value is -1.78. The fourth-order valence-corrected chi connectivity index (χ4v) is 5.47. The molecule has 1 aromatic carbocycles. The molecule has 0 spiro atoms. The zero-order valence-electron chi connectivity index (χ0n) is 18.2. The summed E-state index contributed by atoms with van der Waals surface area (Å²) in [6.45, 7) is 0.391. The predicted molar refractivity (Wildman–Crippen MR) is 118 cm³/mol. The average Bonchev–Trinajstić information content (AvgIpc) is 3.16. The van der Waals surface area contributed by atoms with Gasteiger partial charge in [-0.1, -0.05) is 43.0 Å². The molecular weight excluding hydrogens is 504 g/mol. The number of Topliss-reactive ketones (excluding diaryl/α,β-unsaturated/α-hetero) is 1. The number of halogens is 7. The highest BCUT2D eigenvalue weighted by atomic mass is 35.5. The van der Waals surface area contributed by atoms with Crippen molar-refractivity contribution in [2.45, 2.75) is 50.5 Å². The molecule has 34 heavy (non-hydrogen) atoms. The van der Waals surface area contributed by atoms with Crippen LogP contribution in [0.3, 0.4) is 0 Å². The molecular formula is C22H24Cl2F5N3O2. The first kappa shape index (κ1) is 26.8. The smallest absolute Gasteiger partial charge is 0.334 e. The Labute approximate surface area is 203 Å². The molecule has 0 aliphatic heterocycles. The van der Waals surface area contributed by atoms with Gasteiger partial charge in [0.15, 0.2) is 5.78 Å². The third-order valence-corrected chi connectivity index (χ3v) is 7.42. The maximum Gasteiger partial charge on any atom is 0.394 e. The van der Waals surface area contributed by atoms with E-state index in [1.807, 2.05) is 0 Å². The van der Waals surface area contributed by atoms with Gasteiger partial charge in [0.1, 0.15) is 11.5 Å². The molecule has 0 saturated heterocycles. The molecule has 0 bridgehead atoms. The lowest BCUT2D eigenvalue weighted by Gasteiger charge is -2.45. The quantitative estimate of drug-likeness (QED) is 0.376. The first-order valence-electron chi connectivity index (χ1n) is 10.7. The Balaban J connectivity index is 1.92. The van der Waals surface area contributed by atoms with Crippen LogP contribution in [0.1, 0.15) is 43.0 Å². The first-order chi connectivity index (χ1) is 15.7. The number of alkyl halides is 4. The monoisotopic (exact) mass is 527 g/mol. The van der Waals surface area contributed by atoms with Gasteiger partial charge < -0.3 is 16.0 Å². The van der Waals surface area contributed by atoms with Crippen LogP contribution in [-0.2, 0) is 4.79 Å². The second-order valence-corrected chi connectivity index (χ2v) is 9.87. The minimum atomic E-state index is -4.85. The first-order valence-corrected chi connectivity index (χ1v) is 11.5. The number of rotatable bonds is 7. The van der Waals surface area contributed by atoms with Gasteiger partial charge in [0.05, 0.1) is 40.0 Å². The van der Waals surface area contributed by atoms with E-state index in [2.05, 4.69) is 0 Å². The highest BCUT2D eigenvalue weighted by molar-refractivity contribution is 6.40. The van der Waals surface area contributed by atoms with Crippen LogP contribution >= 0.6 is 23.2 Å². The third kappa shape index (κ3) is 5.09. The summed E-state index contributed by atoms with van der Waals surface area (Å²) in [6, 6.07) is 0.00248. The molecule has 1 unspecified atom stereocenters. The summed E-state index contributed by atoms with van der Waals surface area (Å²) in [5, 5.41) is 7.17. The van der Waals surface area contributed by atoms with Crippen LogP contribution in [-0.4, -0.2) is 53.3 Å². The molecule has 12 heteroatoms. The van der Waals surface area contributed by atoms with Crippen molar-refractivity contribution in [3.63, 3.8) is 0 Å². The minimum absolute atomic E-state index is 0.231. The van der Waals surface area contributed by atoms with Crippen LogP contribution in [0.5, 0.6) is 0 Å². The Kier molecular flexibility index (Phi) is 7.65. The Morgan fingerprint density at radius 2 is 1.76 bits per heavy atom. The van der Waals surface area contributed by atoms with Crippen molar-refractivity contribution in [1.29, 1.82) is 5.41 Å². The van der Waals surface area contributed by atoms with Gasteiger partial charge in [-0.3, -0.25) is 9.59 Å². The van der Waals surface area contributed by atoms with E-state index in [9.17, 15) is 27.2 Å². The summed E-state index contributed by atoms with van der Waals surface area (Å²) >= 11 is 11.9. The second-order valence-electron chi connectivity index (χ2n) is 9.06. The molecule has 188 valence electrons. The van der Waals surface area contributed by atoms with Crippen LogP contribution < -0.4 is 5.73 Å². The van der Waals surface area contributed by atoms with Gasteiger partial charge >= 0.3 is 6.18 Å². The van der Waals surface area contributed by atoms with Crippen LogP contribution in [0.25, 0.3) is 0 Å². The Bertz CT molecular complexity index is 974. The second kappa shape index (κ2) is 9.70. The summed E-state index contributed by atoms with van der Waals surface area (Å²) in [6.07, 6.45) is -3.12. The Morgan fingerprint density at radius 3 is 2.26 bits per heavy atom. The topological polar surface area (TPSA) is 87.2 Å². The van der Waals surface area contributed by atoms with Gasteiger partial charge in [0, 0.05) is 18.2 Å². The number of hydrogen-bond acceptors (Lipinski definition) is 4. The van der Waals surface area contributed by atoms with Gasteiger partial charge in [0.2, 0.25) is 5.91 Å². The van der Waals surface area contributed by atoms with E-state index in [0.717, 1.165) is 17.0 Å². The molecule has 4 atom stereocenters. The van der Waals surface area contributed by atoms with E-state index < -0.39 is 65.4 Å². The lowest BCUT2D eigenvalue weighted by atomic mass is 9.66. The zero-order chi connectivity index (χ0) is 25.6. The van der Waals surface area contributed by atoms with Crippen molar-refractivity contribution >= 4 is 40.6 Å². The largest absolute Gasteiger partial charge is 0.394 e. The molecule has 3 N–H and O–H groups in total. The number of nitrogens with zero attached hydrogens (tertiary/aromatic N) is 1. The molecule has 2 aliphatic rings. The lowest BCUT2D eigenvalue weighted by molar-refractivity contribution is -0.198. The van der Waals surface area contributed by atoms with E-state index >= 15 is 4.39 Å². The van der Waals surface area contributed by atoms with Crippen molar-refractivity contribution in [3.8, 4) is 0 Å². The summed E-state index contributed by atoms with van der Waals surface area (Å²) < 4.78 is 69.3. The summed E-state index contributed by atoms with van der Waals surface area (Å²) in [7, 11) is 0. The number of carbonyl (C=O) groups excluding carboxylic acids is 2. The maximum absolute atomic E-state index is 15.3. The van der Waals surface area contributed by atoms with Crippen molar-refractivity contribution in [2.75, 3.05) is 13.1 Å². The van der Waals surface area contributed by atoms with E-state index in [4.69, 9.17) is 34.3 Å². The maximum atomic E-state index is 15.3. The molecule has 1 aromatic rings. The van der Waals surface area contributed by atoms with Gasteiger partial charge in [-0.25, -0.2) is 8.78 Å². The number of hydrogen-bond donors (Lipinski definition) is 2. The zero-order valence-corrected chi connectivity index (χ0v) is 19.7. The number of carbonyl (C=O) groups is 2. The predicted octanol–water partition coefficient (Wildman–Crippen LogP) is 5.22. The highest BCUT2D eigenvalue weighted by Crippen LogP contribution is 2.45. The van der Waals surface area contributed by atoms with Gasteiger partial charge in [-0.05, 0) is 25.0 Å². The van der Waals surface area contributed by atoms with Gasteiger partial charge in [-0.15, -0.1) is 0 Å². The van der Waals surface area contributed by atoms with Gasteiger partial charge in [0.25, 0.3) is 0 Å². The van der Waals surface area contributed by atoms with Crippen LogP contribution in [0.15, 0.2) is 12.1 Å². The normalized spacial score (nSPS) is 25.1. The SMILES string of the molecule is C[C@H](CN(CC(=O)c1c(Cl)cc(F)cc1Cl)C(=O)C1C(=N)[C@H](N)[C@@H]1C(F)(F)F)C1(F)CCCC1. The standard InChI is InChI=1S/C22H24Cl2F5N3O2/c1-10(21(26)4-2-3-5-21)8-32(9-14(33)15-12(23)6-11(25)7-13(15)24)20(34)16-17(22(27,28)29)19(31)18(16)30/h6-7,10,16-17,19,30H,2-5,8-9,31H2,1H3/t10-,16?,17-,19-/m1/s1. The third-order valence-electron chi connectivity index (χ3n) is 6.83. The average molecular weight is 528 g/mol. The minimum Gasteiger partial charge on any atom is -0.334 e. The highest BCUT2D eigenvalue weighted by Gasteiger charge is 2.62. The van der Waals surface area contributed by atoms with Crippen molar-refractivity contribution < 1.29 is 31.5 Å². The van der Waals surface area contributed by atoms with Crippen LogP contribution in [0, 0.1) is 29.0 Å². The molecule has 0 radical (unpaired) electrons. The van der Waals surface area contributed by atoms with Crippen molar-refractivity contribution in [3.05, 3.63) is 33.6 Å². The summed E-state index contributed by atoms with van der Waals surface area (Å²) in [5.74, 6) is -7.80. The fourth-order valence-electron chi connectivity index (χ4n) is 4.80. The molecule has 3 rings (SSSR count). The number of amides is 1. The molecule has 0 aromatic heterocycles. The molecule has 2 fully saturated rings. The number of benzene rings is 1. The molecule has 2 aliphatic carbocycles. The van der Waals surface area contributed by atoms with Crippen molar-refractivity contribution in [1.82, 2.24) is 4.90 Å². The van der Waals surface area contributed by atoms with E-state index in [-0.39, 0.29) is 35.0 Å². The molecule has 2 saturated carbocycles. The van der Waals surface area contributed by atoms with Crippen LogP contribution in [0.4, 0.5) is 22.0 Å². The number of ketones is 1. The van der Waals surface area contributed by atoms with E-state index in [0.29, 0.717) is 12.8 Å². The van der Waals surface area contributed by atoms with E-state index in [1.165, 1.54) is 6.92 Å². The lowest BCUT2D eigenvalue weighted by Crippen LogP contribution is -2.67. The Morgan fingerprint density at radius 1 is 1.24 bits per heavy atom. The molecule has 0 heterocycles. The van der Waals surface area contributed by atoms with Crippen molar-refractivity contribution in [2.24, 2.45) is 23.5 Å². The van der Waals surface area contributed by atoms with Crippen LogP contribution in [0.2, 0.25) is 10.0 Å².